The fraction of sp³-hybridized carbons (Fsp3) is 0.700. The summed E-state index contributed by atoms with van der Waals surface area (Å²) in [6, 6.07) is 0. The fourth-order valence-corrected chi connectivity index (χ4v) is 2.30. The van der Waals surface area contributed by atoms with Gasteiger partial charge in [0.2, 0.25) is 0 Å². The van der Waals surface area contributed by atoms with E-state index in [1.54, 1.807) is 0 Å². The van der Waals surface area contributed by atoms with Gasteiger partial charge >= 0.3 is 0 Å². The van der Waals surface area contributed by atoms with Crippen LogP contribution in [0.4, 0.5) is 0 Å². The van der Waals surface area contributed by atoms with Gasteiger partial charge in [0, 0.05) is 19.5 Å². The minimum atomic E-state index is 0.708. The quantitative estimate of drug-likeness (QED) is 0.645. The number of hydrogen-bond donors (Lipinski definition) is 1. The van der Waals surface area contributed by atoms with Crippen molar-refractivity contribution in [3.05, 3.63) is 15.9 Å². The van der Waals surface area contributed by atoms with E-state index in [4.69, 9.17) is 11.6 Å². The Morgan fingerprint density at radius 1 is 1.53 bits per heavy atom. The Morgan fingerprint density at radius 2 is 2.27 bits per heavy atom. The number of rotatable bonds is 6. The van der Waals surface area contributed by atoms with Crippen LogP contribution in [0.1, 0.15) is 24.7 Å². The molecule has 3 nitrogen and oxygen atoms in total. The first kappa shape index (κ1) is 13.0. The van der Waals surface area contributed by atoms with Gasteiger partial charge in [-0.15, -0.1) is 11.6 Å². The normalized spacial score (nSPS) is 10.9. The number of halogens is 2. The van der Waals surface area contributed by atoms with E-state index in [1.807, 2.05) is 11.7 Å². The van der Waals surface area contributed by atoms with E-state index in [9.17, 15) is 0 Å². The van der Waals surface area contributed by atoms with Crippen LogP contribution >= 0.6 is 27.5 Å². The second-order valence-corrected chi connectivity index (χ2v) is 4.57. The second kappa shape index (κ2) is 6.51. The SMILES string of the molecule is CCc1nn(C)c(CNCCCCl)c1Br. The summed E-state index contributed by atoms with van der Waals surface area (Å²) in [4.78, 5) is 0. The lowest BCUT2D eigenvalue weighted by molar-refractivity contribution is 0.617. The van der Waals surface area contributed by atoms with Gasteiger partial charge in [0.05, 0.1) is 15.9 Å². The molecule has 0 bridgehead atoms. The molecule has 0 radical (unpaired) electrons. The zero-order valence-electron chi connectivity index (χ0n) is 9.19. The van der Waals surface area contributed by atoms with E-state index >= 15 is 0 Å². The summed E-state index contributed by atoms with van der Waals surface area (Å²) in [7, 11) is 1.97. The molecular formula is C10H17BrClN3. The van der Waals surface area contributed by atoms with Crippen LogP contribution in [0.3, 0.4) is 0 Å². The standard InChI is InChI=1S/C10H17BrClN3/c1-3-8-10(11)9(15(2)14-8)7-13-6-4-5-12/h13H,3-7H2,1-2H3. The molecule has 1 aromatic rings. The third-order valence-corrected chi connectivity index (χ3v) is 3.47. The van der Waals surface area contributed by atoms with Gasteiger partial charge < -0.3 is 5.32 Å². The Hall–Kier alpha value is -0.0600. The van der Waals surface area contributed by atoms with Crippen molar-refractivity contribution in [1.82, 2.24) is 15.1 Å². The Bertz CT molecular complexity index is 312. The Morgan fingerprint density at radius 3 is 2.80 bits per heavy atom. The molecule has 0 unspecified atom stereocenters. The molecule has 0 aromatic carbocycles. The van der Waals surface area contributed by atoms with Crippen molar-refractivity contribution in [2.24, 2.45) is 7.05 Å². The maximum atomic E-state index is 5.61. The summed E-state index contributed by atoms with van der Waals surface area (Å²) in [5, 5.41) is 7.78. The third kappa shape index (κ3) is 3.47. The highest BCUT2D eigenvalue weighted by Gasteiger charge is 2.11. The van der Waals surface area contributed by atoms with Crippen LogP contribution < -0.4 is 5.32 Å². The number of alkyl halides is 1. The summed E-state index contributed by atoms with van der Waals surface area (Å²) < 4.78 is 3.06. The van der Waals surface area contributed by atoms with E-state index in [0.717, 1.165) is 36.1 Å². The van der Waals surface area contributed by atoms with Crippen LogP contribution in [0.5, 0.6) is 0 Å². The predicted octanol–water partition coefficient (Wildman–Crippen LogP) is 2.46. The molecule has 5 heteroatoms. The van der Waals surface area contributed by atoms with Gasteiger partial charge in [-0.1, -0.05) is 6.92 Å². The molecule has 15 heavy (non-hydrogen) atoms. The Kier molecular flexibility index (Phi) is 5.64. The van der Waals surface area contributed by atoms with Gasteiger partial charge in [-0.25, -0.2) is 0 Å². The molecule has 0 aliphatic rings. The third-order valence-electron chi connectivity index (χ3n) is 2.28. The average molecular weight is 295 g/mol. The van der Waals surface area contributed by atoms with Gasteiger partial charge in [0.1, 0.15) is 0 Å². The Balaban J connectivity index is 2.56. The van der Waals surface area contributed by atoms with Crippen LogP contribution in [0, 0.1) is 0 Å². The summed E-state index contributed by atoms with van der Waals surface area (Å²) in [6.07, 6.45) is 1.95. The molecule has 0 atom stereocenters. The topological polar surface area (TPSA) is 29.9 Å². The fourth-order valence-electron chi connectivity index (χ4n) is 1.41. The van der Waals surface area contributed by atoms with Gasteiger partial charge in [0.15, 0.2) is 0 Å². The van der Waals surface area contributed by atoms with Gasteiger partial charge in [-0.2, -0.15) is 5.10 Å². The zero-order valence-corrected chi connectivity index (χ0v) is 11.5. The van der Waals surface area contributed by atoms with Gasteiger partial charge in [-0.3, -0.25) is 4.68 Å². The maximum Gasteiger partial charge on any atom is 0.0767 e. The molecule has 1 aromatic heterocycles. The summed E-state index contributed by atoms with van der Waals surface area (Å²) >= 11 is 9.19. The molecule has 0 saturated carbocycles. The second-order valence-electron chi connectivity index (χ2n) is 3.40. The highest BCUT2D eigenvalue weighted by molar-refractivity contribution is 9.10. The number of hydrogen-bond acceptors (Lipinski definition) is 2. The molecule has 0 amide bonds. The average Bonchev–Trinajstić information content (AvgIpc) is 2.50. The molecular weight excluding hydrogens is 277 g/mol. The number of aromatic nitrogens is 2. The van der Waals surface area contributed by atoms with E-state index < -0.39 is 0 Å². The van der Waals surface area contributed by atoms with E-state index in [-0.39, 0.29) is 0 Å². The van der Waals surface area contributed by atoms with E-state index in [2.05, 4.69) is 33.3 Å². The van der Waals surface area contributed by atoms with Crippen molar-refractivity contribution in [3.63, 3.8) is 0 Å². The van der Waals surface area contributed by atoms with Crippen LogP contribution in [0.2, 0.25) is 0 Å². The molecule has 86 valence electrons. The molecule has 0 fully saturated rings. The zero-order chi connectivity index (χ0) is 11.3. The lowest BCUT2D eigenvalue weighted by Crippen LogP contribution is -2.17. The first-order valence-electron chi connectivity index (χ1n) is 5.17. The highest BCUT2D eigenvalue weighted by atomic mass is 79.9. The van der Waals surface area contributed by atoms with Crippen LogP contribution in [-0.2, 0) is 20.0 Å². The largest absolute Gasteiger partial charge is 0.311 e. The molecule has 0 aliphatic heterocycles. The van der Waals surface area contributed by atoms with Crippen molar-refractivity contribution >= 4 is 27.5 Å². The molecule has 1 rings (SSSR count). The predicted molar refractivity (Wildman–Crippen MR) is 67.3 cm³/mol. The smallest absolute Gasteiger partial charge is 0.0767 e. The van der Waals surface area contributed by atoms with E-state index in [0.29, 0.717) is 5.88 Å². The summed E-state index contributed by atoms with van der Waals surface area (Å²) in [5.74, 6) is 0.708. The highest BCUT2D eigenvalue weighted by Crippen LogP contribution is 2.21. The molecule has 0 aliphatic carbocycles. The molecule has 0 saturated heterocycles. The number of nitrogens with zero attached hydrogens (tertiary/aromatic N) is 2. The van der Waals surface area contributed by atoms with Crippen LogP contribution in [0.25, 0.3) is 0 Å². The van der Waals surface area contributed by atoms with Crippen molar-refractivity contribution in [2.75, 3.05) is 12.4 Å². The summed E-state index contributed by atoms with van der Waals surface area (Å²) in [6.45, 7) is 3.89. The molecule has 1 N–H and O–H groups in total. The van der Waals surface area contributed by atoms with Crippen molar-refractivity contribution in [1.29, 1.82) is 0 Å². The monoisotopic (exact) mass is 293 g/mol. The van der Waals surface area contributed by atoms with E-state index in [1.165, 1.54) is 5.69 Å². The lowest BCUT2D eigenvalue weighted by Gasteiger charge is -2.04. The van der Waals surface area contributed by atoms with Gasteiger partial charge in [0.25, 0.3) is 0 Å². The minimum absolute atomic E-state index is 0.708. The van der Waals surface area contributed by atoms with Crippen molar-refractivity contribution in [3.8, 4) is 0 Å². The Labute approximate surface area is 104 Å². The van der Waals surface area contributed by atoms with Crippen LogP contribution in [-0.4, -0.2) is 22.2 Å². The van der Waals surface area contributed by atoms with Gasteiger partial charge in [-0.05, 0) is 35.3 Å². The first-order valence-corrected chi connectivity index (χ1v) is 6.50. The van der Waals surface area contributed by atoms with Crippen molar-refractivity contribution < 1.29 is 0 Å². The molecule has 0 spiro atoms. The number of aryl methyl sites for hydroxylation is 2. The number of nitrogens with one attached hydrogen (secondary N) is 1. The maximum absolute atomic E-state index is 5.61. The lowest BCUT2D eigenvalue weighted by atomic mass is 10.3. The summed E-state index contributed by atoms with van der Waals surface area (Å²) in [5.41, 5.74) is 2.31. The van der Waals surface area contributed by atoms with Crippen LogP contribution in [0.15, 0.2) is 4.47 Å². The minimum Gasteiger partial charge on any atom is -0.311 e. The molecule has 1 heterocycles. The first-order chi connectivity index (χ1) is 7.20. The van der Waals surface area contributed by atoms with Crippen molar-refractivity contribution in [2.45, 2.75) is 26.3 Å².